The van der Waals surface area contributed by atoms with Crippen molar-refractivity contribution >= 4 is 5.97 Å². The molecular weight excluding hydrogens is 496 g/mol. The molecule has 0 saturated heterocycles. The monoisotopic (exact) mass is 548 g/mol. The summed E-state index contributed by atoms with van der Waals surface area (Å²) in [6.07, 6.45) is 13.4. The van der Waals surface area contributed by atoms with Crippen LogP contribution >= 0.6 is 0 Å². The molecule has 2 aromatic rings. The molecular formula is C36H52O4. The number of aryl methyl sites for hydroxylation is 3. The second-order valence-electron chi connectivity index (χ2n) is 11.4. The van der Waals surface area contributed by atoms with Gasteiger partial charge in [-0.1, -0.05) is 115 Å². The molecule has 0 saturated carbocycles. The van der Waals surface area contributed by atoms with Crippen molar-refractivity contribution in [2.45, 2.75) is 104 Å². The Labute approximate surface area is 243 Å². The summed E-state index contributed by atoms with van der Waals surface area (Å²) in [5.41, 5.74) is 6.21. The van der Waals surface area contributed by atoms with Crippen molar-refractivity contribution in [1.29, 1.82) is 0 Å². The molecule has 1 atom stereocenters. The fourth-order valence-corrected chi connectivity index (χ4v) is 5.44. The van der Waals surface area contributed by atoms with Gasteiger partial charge >= 0.3 is 5.97 Å². The smallest absolute Gasteiger partial charge is 0.335 e. The van der Waals surface area contributed by atoms with E-state index in [0.29, 0.717) is 6.42 Å². The zero-order valence-electron chi connectivity index (χ0n) is 25.3. The Kier molecular flexibility index (Phi) is 14.8. The summed E-state index contributed by atoms with van der Waals surface area (Å²) in [5, 5.41) is 19.3. The zero-order valence-corrected chi connectivity index (χ0v) is 25.3. The summed E-state index contributed by atoms with van der Waals surface area (Å²) < 4.78 is 5.55. The number of hydrogen-bond donors (Lipinski definition) is 2. The lowest BCUT2D eigenvalue weighted by atomic mass is 9.75. The molecule has 0 spiro atoms. The van der Waals surface area contributed by atoms with E-state index >= 15 is 0 Å². The van der Waals surface area contributed by atoms with Crippen molar-refractivity contribution in [3.63, 3.8) is 0 Å². The molecule has 220 valence electrons. The van der Waals surface area contributed by atoms with Crippen LogP contribution in [-0.4, -0.2) is 29.4 Å². The van der Waals surface area contributed by atoms with E-state index in [1.54, 1.807) is 0 Å². The predicted octanol–water partition coefficient (Wildman–Crippen LogP) is 9.09. The lowest BCUT2D eigenvalue weighted by molar-refractivity contribution is -0.143. The minimum absolute atomic E-state index is 0.0362. The van der Waals surface area contributed by atoms with E-state index in [2.05, 4.69) is 76.4 Å². The number of aliphatic hydroxyl groups excluding tert-OH is 2. The molecule has 40 heavy (non-hydrogen) atoms. The Morgan fingerprint density at radius 1 is 0.825 bits per heavy atom. The summed E-state index contributed by atoms with van der Waals surface area (Å²) in [7, 11) is 0. The number of aliphatic hydroxyl groups is 2. The number of allylic oxidation sites excluding steroid dienone is 1. The van der Waals surface area contributed by atoms with Crippen molar-refractivity contribution in [2.24, 2.45) is 5.41 Å². The third-order valence-corrected chi connectivity index (χ3v) is 8.00. The Balaban J connectivity index is 2.12. The fourth-order valence-electron chi connectivity index (χ4n) is 5.44. The zero-order chi connectivity index (χ0) is 29.4. The fraction of sp³-hybridized carbons (Fsp3) is 0.528. The van der Waals surface area contributed by atoms with Crippen LogP contribution in [0.5, 0.6) is 0 Å². The van der Waals surface area contributed by atoms with Gasteiger partial charge in [0.25, 0.3) is 0 Å². The molecule has 0 aromatic heterocycles. The van der Waals surface area contributed by atoms with Gasteiger partial charge in [-0.05, 0) is 66.3 Å². The molecule has 0 aliphatic carbocycles. The van der Waals surface area contributed by atoms with Crippen molar-refractivity contribution in [2.75, 3.05) is 13.2 Å². The lowest BCUT2D eigenvalue weighted by Gasteiger charge is -2.33. The van der Waals surface area contributed by atoms with Gasteiger partial charge in [0.1, 0.15) is 0 Å². The lowest BCUT2D eigenvalue weighted by Crippen LogP contribution is -2.30. The van der Waals surface area contributed by atoms with Crippen LogP contribution < -0.4 is 0 Å². The van der Waals surface area contributed by atoms with Crippen molar-refractivity contribution < 1.29 is 19.7 Å². The van der Waals surface area contributed by atoms with E-state index in [4.69, 9.17) is 4.74 Å². The minimum atomic E-state index is -0.592. The van der Waals surface area contributed by atoms with Gasteiger partial charge < -0.3 is 14.9 Å². The molecule has 0 amide bonds. The van der Waals surface area contributed by atoms with Crippen molar-refractivity contribution in [3.05, 3.63) is 83.6 Å². The number of ether oxygens (including phenoxy) is 1. The number of rotatable bonds is 20. The molecule has 0 radical (unpaired) electrons. The van der Waals surface area contributed by atoms with Gasteiger partial charge in [-0.25, -0.2) is 4.79 Å². The first kappa shape index (κ1) is 33.4. The van der Waals surface area contributed by atoms with Crippen LogP contribution in [0.4, 0.5) is 0 Å². The van der Waals surface area contributed by atoms with E-state index in [9.17, 15) is 15.0 Å². The summed E-state index contributed by atoms with van der Waals surface area (Å²) in [6.45, 7) is 13.7. The average Bonchev–Trinajstić information content (AvgIpc) is 2.97. The molecule has 0 bridgehead atoms. The SMILES string of the molecule is C=C(O)CC(CCCC)(CCc1ccc(-c2ccc(CCCCCCC)c(CC)c2)cc1)COC(=O)C(=C)CO. The Bertz CT molecular complexity index is 1070. The summed E-state index contributed by atoms with van der Waals surface area (Å²) in [5.74, 6) is -0.496. The molecule has 2 N–H and O–H groups in total. The van der Waals surface area contributed by atoms with Crippen LogP contribution in [0.2, 0.25) is 0 Å². The van der Waals surface area contributed by atoms with Crippen molar-refractivity contribution in [1.82, 2.24) is 0 Å². The first-order valence-corrected chi connectivity index (χ1v) is 15.3. The molecule has 0 heterocycles. The van der Waals surface area contributed by atoms with Crippen LogP contribution in [0.3, 0.4) is 0 Å². The molecule has 0 fully saturated rings. The number of esters is 1. The highest BCUT2D eigenvalue weighted by atomic mass is 16.5. The van der Waals surface area contributed by atoms with Crippen LogP contribution in [0.25, 0.3) is 11.1 Å². The standard InChI is InChI=1S/C36H52O4/c1-6-9-11-12-13-14-32-19-20-34(24-31(32)8-3)33-17-15-30(16-18-33)21-23-36(22-10-7-2,25-29(5)38)27-40-35(39)28(4)26-37/h15-20,24,37-38H,4-14,21-23,25-27H2,1-3H3. The second-order valence-corrected chi connectivity index (χ2v) is 11.4. The van der Waals surface area contributed by atoms with E-state index in [1.165, 1.54) is 59.9 Å². The van der Waals surface area contributed by atoms with Gasteiger partial charge in [0, 0.05) is 11.8 Å². The van der Waals surface area contributed by atoms with Gasteiger partial charge in [-0.2, -0.15) is 0 Å². The third-order valence-electron chi connectivity index (χ3n) is 8.00. The van der Waals surface area contributed by atoms with Crippen LogP contribution in [0, 0.1) is 5.41 Å². The number of hydrogen-bond acceptors (Lipinski definition) is 4. The average molecular weight is 549 g/mol. The summed E-state index contributed by atoms with van der Waals surface area (Å²) in [4.78, 5) is 12.2. The highest BCUT2D eigenvalue weighted by Crippen LogP contribution is 2.37. The van der Waals surface area contributed by atoms with E-state index in [1.807, 2.05) is 0 Å². The van der Waals surface area contributed by atoms with Gasteiger partial charge in [0.2, 0.25) is 0 Å². The summed E-state index contributed by atoms with van der Waals surface area (Å²) >= 11 is 0. The minimum Gasteiger partial charge on any atom is -0.513 e. The van der Waals surface area contributed by atoms with Gasteiger partial charge in [-0.3, -0.25) is 0 Å². The Hall–Kier alpha value is -2.85. The first-order valence-electron chi connectivity index (χ1n) is 15.3. The first-order chi connectivity index (χ1) is 19.3. The number of benzene rings is 2. The Morgan fingerprint density at radius 3 is 2.12 bits per heavy atom. The van der Waals surface area contributed by atoms with Gasteiger partial charge in [-0.15, -0.1) is 0 Å². The molecule has 2 rings (SSSR count). The van der Waals surface area contributed by atoms with E-state index in [0.717, 1.165) is 44.9 Å². The largest absolute Gasteiger partial charge is 0.513 e. The highest BCUT2D eigenvalue weighted by Gasteiger charge is 2.32. The molecule has 2 aromatic carbocycles. The maximum absolute atomic E-state index is 12.2. The molecule has 4 nitrogen and oxygen atoms in total. The maximum Gasteiger partial charge on any atom is 0.335 e. The molecule has 0 aliphatic heterocycles. The highest BCUT2D eigenvalue weighted by molar-refractivity contribution is 5.87. The van der Waals surface area contributed by atoms with E-state index < -0.39 is 18.0 Å². The van der Waals surface area contributed by atoms with E-state index in [-0.39, 0.29) is 17.9 Å². The quantitative estimate of drug-likeness (QED) is 0.0749. The van der Waals surface area contributed by atoms with Gasteiger partial charge in [0.15, 0.2) is 0 Å². The number of carbonyl (C=O) groups excluding carboxylic acids is 1. The molecule has 4 heteroatoms. The van der Waals surface area contributed by atoms with Crippen LogP contribution in [-0.2, 0) is 28.8 Å². The molecule has 0 aliphatic rings. The number of carbonyl (C=O) groups is 1. The topological polar surface area (TPSA) is 66.8 Å². The van der Waals surface area contributed by atoms with Gasteiger partial charge in [0.05, 0.1) is 24.5 Å². The molecule has 1 unspecified atom stereocenters. The predicted molar refractivity (Wildman–Crippen MR) is 168 cm³/mol. The van der Waals surface area contributed by atoms with Crippen molar-refractivity contribution in [3.8, 4) is 11.1 Å². The Morgan fingerprint density at radius 2 is 1.50 bits per heavy atom. The van der Waals surface area contributed by atoms with Crippen LogP contribution in [0.1, 0.15) is 102 Å². The summed E-state index contributed by atoms with van der Waals surface area (Å²) in [6, 6.07) is 15.7. The second kappa shape index (κ2) is 17.8. The maximum atomic E-state index is 12.2. The third kappa shape index (κ3) is 11.0. The number of unbranched alkanes of at least 4 members (excludes halogenated alkanes) is 5. The normalized spacial score (nSPS) is 12.6. The van der Waals surface area contributed by atoms with Crippen LogP contribution in [0.15, 0.2) is 67.0 Å².